The van der Waals surface area contributed by atoms with Crippen LogP contribution in [-0.4, -0.2) is 29.8 Å². The van der Waals surface area contributed by atoms with Crippen LogP contribution in [0.3, 0.4) is 0 Å². The molecule has 0 unspecified atom stereocenters. The highest BCUT2D eigenvalue weighted by atomic mass is 19.1. The van der Waals surface area contributed by atoms with Gasteiger partial charge in [-0.2, -0.15) is 0 Å². The van der Waals surface area contributed by atoms with Crippen LogP contribution in [0.1, 0.15) is 13.3 Å². The van der Waals surface area contributed by atoms with Crippen LogP contribution in [0, 0.1) is 5.82 Å². The SMILES string of the molecule is CC[C@H](CO)Nc1ccnc2cc(F)c(OC)cc12. The molecule has 1 atom stereocenters. The van der Waals surface area contributed by atoms with E-state index in [1.165, 1.54) is 13.2 Å². The van der Waals surface area contributed by atoms with Gasteiger partial charge in [0.1, 0.15) is 0 Å². The number of hydrogen-bond donors (Lipinski definition) is 2. The fraction of sp³-hybridized carbons (Fsp3) is 0.357. The lowest BCUT2D eigenvalue weighted by molar-refractivity contribution is 0.272. The first-order valence-electron chi connectivity index (χ1n) is 6.19. The summed E-state index contributed by atoms with van der Waals surface area (Å²) in [6, 6.07) is 4.73. The van der Waals surface area contributed by atoms with E-state index in [4.69, 9.17) is 4.74 Å². The molecule has 0 fully saturated rings. The van der Waals surface area contributed by atoms with Crippen molar-refractivity contribution < 1.29 is 14.2 Å². The van der Waals surface area contributed by atoms with Crippen molar-refractivity contribution in [2.75, 3.05) is 19.0 Å². The third-order valence-electron chi connectivity index (χ3n) is 3.09. The molecule has 0 bridgehead atoms. The van der Waals surface area contributed by atoms with Gasteiger partial charge in [-0.05, 0) is 18.6 Å². The van der Waals surface area contributed by atoms with Crippen molar-refractivity contribution in [1.82, 2.24) is 4.98 Å². The molecule has 0 radical (unpaired) electrons. The highest BCUT2D eigenvalue weighted by Gasteiger charge is 2.11. The molecule has 0 saturated carbocycles. The standard InChI is InChI=1S/C14H17FN2O2/c1-3-9(8-18)17-12-4-5-16-13-7-11(15)14(19-2)6-10(12)13/h4-7,9,18H,3,8H2,1-2H3,(H,16,17)/t9-/m1/s1. The predicted molar refractivity (Wildman–Crippen MR) is 73.0 cm³/mol. The van der Waals surface area contributed by atoms with Gasteiger partial charge in [0.05, 0.1) is 19.2 Å². The van der Waals surface area contributed by atoms with Crippen molar-refractivity contribution in [3.63, 3.8) is 0 Å². The Hall–Kier alpha value is -1.88. The van der Waals surface area contributed by atoms with Crippen molar-refractivity contribution >= 4 is 16.6 Å². The molecule has 19 heavy (non-hydrogen) atoms. The number of aliphatic hydroxyl groups excluding tert-OH is 1. The molecule has 0 spiro atoms. The van der Waals surface area contributed by atoms with Gasteiger partial charge in [0, 0.05) is 29.4 Å². The monoisotopic (exact) mass is 264 g/mol. The summed E-state index contributed by atoms with van der Waals surface area (Å²) >= 11 is 0. The number of rotatable bonds is 5. The number of fused-ring (bicyclic) bond motifs is 1. The maximum Gasteiger partial charge on any atom is 0.167 e. The van der Waals surface area contributed by atoms with Gasteiger partial charge in [-0.15, -0.1) is 0 Å². The highest BCUT2D eigenvalue weighted by Crippen LogP contribution is 2.29. The van der Waals surface area contributed by atoms with Crippen LogP contribution in [0.5, 0.6) is 5.75 Å². The Morgan fingerprint density at radius 2 is 2.26 bits per heavy atom. The number of nitrogens with one attached hydrogen (secondary N) is 1. The Bertz CT molecular complexity index is 571. The Kier molecular flexibility index (Phi) is 4.16. The van der Waals surface area contributed by atoms with Crippen LogP contribution in [0.2, 0.25) is 0 Å². The molecule has 0 aliphatic rings. The molecule has 2 rings (SSSR count). The van der Waals surface area contributed by atoms with Gasteiger partial charge < -0.3 is 15.2 Å². The van der Waals surface area contributed by atoms with Gasteiger partial charge in [0.2, 0.25) is 0 Å². The summed E-state index contributed by atoms with van der Waals surface area (Å²) in [5.41, 5.74) is 1.36. The molecule has 2 N–H and O–H groups in total. The summed E-state index contributed by atoms with van der Waals surface area (Å²) in [7, 11) is 1.43. The molecule has 102 valence electrons. The zero-order chi connectivity index (χ0) is 13.8. The lowest BCUT2D eigenvalue weighted by Gasteiger charge is -2.17. The minimum absolute atomic E-state index is 0.0401. The van der Waals surface area contributed by atoms with Gasteiger partial charge in [-0.1, -0.05) is 6.92 Å². The lowest BCUT2D eigenvalue weighted by atomic mass is 10.1. The number of nitrogens with zero attached hydrogens (tertiary/aromatic N) is 1. The van der Waals surface area contributed by atoms with E-state index in [0.717, 1.165) is 17.5 Å². The number of ether oxygens (including phenoxy) is 1. The van der Waals surface area contributed by atoms with Crippen LogP contribution in [0.25, 0.3) is 10.9 Å². The quantitative estimate of drug-likeness (QED) is 0.871. The van der Waals surface area contributed by atoms with Crippen molar-refractivity contribution in [2.45, 2.75) is 19.4 Å². The second kappa shape index (κ2) is 5.84. The van der Waals surface area contributed by atoms with Crippen molar-refractivity contribution in [1.29, 1.82) is 0 Å². The Balaban J connectivity index is 2.49. The summed E-state index contributed by atoms with van der Waals surface area (Å²) in [4.78, 5) is 4.14. The second-order valence-electron chi connectivity index (χ2n) is 4.29. The average molecular weight is 264 g/mol. The molecule has 0 saturated heterocycles. The zero-order valence-electron chi connectivity index (χ0n) is 11.0. The number of anilines is 1. The van der Waals surface area contributed by atoms with E-state index in [1.807, 2.05) is 6.92 Å². The zero-order valence-corrected chi connectivity index (χ0v) is 11.0. The van der Waals surface area contributed by atoms with Gasteiger partial charge in [-0.3, -0.25) is 4.98 Å². The van der Waals surface area contributed by atoms with Crippen molar-refractivity contribution in [3.8, 4) is 5.75 Å². The molecule has 1 aromatic carbocycles. The molecule has 1 heterocycles. The summed E-state index contributed by atoms with van der Waals surface area (Å²) in [6.45, 7) is 2.02. The van der Waals surface area contributed by atoms with Gasteiger partial charge in [0.15, 0.2) is 11.6 Å². The number of halogens is 1. The molecule has 0 amide bonds. The van der Waals surface area contributed by atoms with Crippen LogP contribution >= 0.6 is 0 Å². The summed E-state index contributed by atoms with van der Waals surface area (Å²) in [6.07, 6.45) is 2.40. The normalized spacial score (nSPS) is 12.4. The van der Waals surface area contributed by atoms with Crippen molar-refractivity contribution in [3.05, 3.63) is 30.2 Å². The first kappa shape index (κ1) is 13.5. The third kappa shape index (κ3) is 2.76. The van der Waals surface area contributed by atoms with Crippen LogP contribution in [-0.2, 0) is 0 Å². The molecule has 0 aliphatic heterocycles. The van der Waals surface area contributed by atoms with E-state index in [1.54, 1.807) is 18.3 Å². The van der Waals surface area contributed by atoms with Crippen LogP contribution in [0.15, 0.2) is 24.4 Å². The number of pyridine rings is 1. The molecule has 0 aliphatic carbocycles. The number of aliphatic hydroxyl groups is 1. The van der Waals surface area contributed by atoms with Gasteiger partial charge in [0.25, 0.3) is 0 Å². The Morgan fingerprint density at radius 3 is 2.89 bits per heavy atom. The van der Waals surface area contributed by atoms with Gasteiger partial charge in [-0.25, -0.2) is 4.39 Å². The summed E-state index contributed by atoms with van der Waals surface area (Å²) < 4.78 is 18.6. The van der Waals surface area contributed by atoms with E-state index in [9.17, 15) is 9.50 Å². The topological polar surface area (TPSA) is 54.4 Å². The Morgan fingerprint density at radius 1 is 1.47 bits per heavy atom. The van der Waals surface area contributed by atoms with Crippen LogP contribution in [0.4, 0.5) is 10.1 Å². The molecule has 2 aromatic rings. The molecule has 5 heteroatoms. The Labute approximate surface area is 111 Å². The smallest absolute Gasteiger partial charge is 0.167 e. The van der Waals surface area contributed by atoms with Crippen molar-refractivity contribution in [2.24, 2.45) is 0 Å². The lowest BCUT2D eigenvalue weighted by Crippen LogP contribution is -2.22. The number of hydrogen-bond acceptors (Lipinski definition) is 4. The molecular weight excluding hydrogens is 247 g/mol. The van der Waals surface area contributed by atoms with Gasteiger partial charge >= 0.3 is 0 Å². The maximum atomic E-state index is 13.6. The predicted octanol–water partition coefficient (Wildman–Crippen LogP) is 2.57. The van der Waals surface area contributed by atoms with E-state index < -0.39 is 5.82 Å². The largest absolute Gasteiger partial charge is 0.494 e. The highest BCUT2D eigenvalue weighted by molar-refractivity contribution is 5.92. The minimum Gasteiger partial charge on any atom is -0.494 e. The minimum atomic E-state index is -0.436. The number of methoxy groups -OCH3 is 1. The number of aromatic nitrogens is 1. The molecule has 4 nitrogen and oxygen atoms in total. The molecular formula is C14H17FN2O2. The average Bonchev–Trinajstić information content (AvgIpc) is 2.44. The molecule has 1 aromatic heterocycles. The second-order valence-corrected chi connectivity index (χ2v) is 4.29. The fourth-order valence-corrected chi connectivity index (χ4v) is 1.93. The maximum absolute atomic E-state index is 13.6. The first-order chi connectivity index (χ1) is 9.19. The first-order valence-corrected chi connectivity index (χ1v) is 6.19. The summed E-state index contributed by atoms with van der Waals surface area (Å²) in [5, 5.41) is 13.2. The summed E-state index contributed by atoms with van der Waals surface area (Å²) in [5.74, 6) is -0.255. The third-order valence-corrected chi connectivity index (χ3v) is 3.09. The van der Waals surface area contributed by atoms with E-state index >= 15 is 0 Å². The van der Waals surface area contributed by atoms with E-state index in [-0.39, 0.29) is 18.4 Å². The van der Waals surface area contributed by atoms with E-state index in [2.05, 4.69) is 10.3 Å². The van der Waals surface area contributed by atoms with Crippen LogP contribution < -0.4 is 10.1 Å². The number of benzene rings is 1. The fourth-order valence-electron chi connectivity index (χ4n) is 1.93. The van der Waals surface area contributed by atoms with E-state index in [0.29, 0.717) is 5.52 Å².